The van der Waals surface area contributed by atoms with Crippen LogP contribution in [0.2, 0.25) is 0 Å². The van der Waals surface area contributed by atoms with E-state index in [0.29, 0.717) is 18.0 Å². The molecule has 1 unspecified atom stereocenters. The van der Waals surface area contributed by atoms with E-state index in [0.717, 1.165) is 43.7 Å². The number of rotatable bonds is 5. The van der Waals surface area contributed by atoms with Crippen molar-refractivity contribution in [2.75, 3.05) is 13.6 Å². The van der Waals surface area contributed by atoms with E-state index in [4.69, 9.17) is 0 Å². The van der Waals surface area contributed by atoms with Crippen LogP contribution in [0.1, 0.15) is 51.4 Å². The standard InChI is InChI=1S/C21H32N4O/c1-21(2,3)13-15-23(4)18-10-11-19-22-25(20(26)24(19)14-12-18)16-17-8-6-5-7-9-17/h5-9,18H,10-16H2,1-4H3. The summed E-state index contributed by atoms with van der Waals surface area (Å²) in [5.41, 5.74) is 1.50. The predicted molar refractivity (Wildman–Crippen MR) is 105 cm³/mol. The first-order valence-electron chi connectivity index (χ1n) is 9.74. The second kappa shape index (κ2) is 7.78. The Morgan fingerprint density at radius 3 is 2.62 bits per heavy atom. The largest absolute Gasteiger partial charge is 0.346 e. The van der Waals surface area contributed by atoms with Crippen LogP contribution in [0.3, 0.4) is 0 Å². The van der Waals surface area contributed by atoms with Gasteiger partial charge in [0.1, 0.15) is 5.82 Å². The fraction of sp³-hybridized carbons (Fsp3) is 0.619. The van der Waals surface area contributed by atoms with E-state index in [1.807, 2.05) is 34.9 Å². The van der Waals surface area contributed by atoms with Crippen molar-refractivity contribution < 1.29 is 0 Å². The first kappa shape index (κ1) is 18.9. The average molecular weight is 357 g/mol. The molecule has 1 aliphatic heterocycles. The lowest BCUT2D eigenvalue weighted by Crippen LogP contribution is -2.35. The number of hydrogen-bond donors (Lipinski definition) is 0. The van der Waals surface area contributed by atoms with Crippen molar-refractivity contribution in [2.45, 2.75) is 65.6 Å². The van der Waals surface area contributed by atoms with Crippen LogP contribution >= 0.6 is 0 Å². The first-order chi connectivity index (χ1) is 12.3. The molecule has 0 radical (unpaired) electrons. The normalized spacial score (nSPS) is 18.0. The zero-order valence-electron chi connectivity index (χ0n) is 16.6. The first-order valence-corrected chi connectivity index (χ1v) is 9.74. The Hall–Kier alpha value is -1.88. The van der Waals surface area contributed by atoms with Gasteiger partial charge in [-0.1, -0.05) is 51.1 Å². The summed E-state index contributed by atoms with van der Waals surface area (Å²) < 4.78 is 3.51. The highest BCUT2D eigenvalue weighted by atomic mass is 16.2. The number of hydrogen-bond acceptors (Lipinski definition) is 3. The lowest BCUT2D eigenvalue weighted by atomic mass is 9.92. The van der Waals surface area contributed by atoms with Gasteiger partial charge < -0.3 is 4.90 Å². The molecule has 3 rings (SSSR count). The maximum atomic E-state index is 12.8. The van der Waals surface area contributed by atoms with Crippen LogP contribution in [0.5, 0.6) is 0 Å². The summed E-state index contributed by atoms with van der Waals surface area (Å²) in [5.74, 6) is 0.942. The predicted octanol–water partition coefficient (Wildman–Crippen LogP) is 3.17. The second-order valence-corrected chi connectivity index (χ2v) is 8.77. The summed E-state index contributed by atoms with van der Waals surface area (Å²) in [6.07, 6.45) is 4.16. The van der Waals surface area contributed by atoms with Crippen molar-refractivity contribution in [2.24, 2.45) is 5.41 Å². The molecule has 0 fully saturated rings. The Bertz CT molecular complexity index is 770. The van der Waals surface area contributed by atoms with E-state index in [-0.39, 0.29) is 5.69 Å². The molecule has 0 amide bonds. The third-order valence-electron chi connectivity index (χ3n) is 5.40. The summed E-state index contributed by atoms with van der Waals surface area (Å²) in [5, 5.41) is 4.63. The zero-order chi connectivity index (χ0) is 18.7. The van der Waals surface area contributed by atoms with Crippen molar-refractivity contribution in [1.82, 2.24) is 19.2 Å². The molecule has 2 aromatic rings. The number of aryl methyl sites for hydroxylation is 1. The highest BCUT2D eigenvalue weighted by Gasteiger charge is 2.24. The van der Waals surface area contributed by atoms with Gasteiger partial charge in [-0.3, -0.25) is 4.57 Å². The monoisotopic (exact) mass is 356 g/mol. The van der Waals surface area contributed by atoms with Gasteiger partial charge in [0, 0.05) is 19.0 Å². The number of fused-ring (bicyclic) bond motifs is 1. The summed E-state index contributed by atoms with van der Waals surface area (Å²) in [4.78, 5) is 15.2. The van der Waals surface area contributed by atoms with Crippen molar-refractivity contribution in [3.8, 4) is 0 Å². The van der Waals surface area contributed by atoms with Crippen LogP contribution < -0.4 is 5.69 Å². The third-order valence-corrected chi connectivity index (χ3v) is 5.40. The summed E-state index contributed by atoms with van der Waals surface area (Å²) in [7, 11) is 2.22. The minimum Gasteiger partial charge on any atom is -0.303 e. The second-order valence-electron chi connectivity index (χ2n) is 8.77. The van der Waals surface area contributed by atoms with Crippen molar-refractivity contribution in [3.05, 3.63) is 52.2 Å². The minimum absolute atomic E-state index is 0.0295. The van der Waals surface area contributed by atoms with Gasteiger partial charge >= 0.3 is 5.69 Å². The van der Waals surface area contributed by atoms with Gasteiger partial charge in [-0.25, -0.2) is 9.48 Å². The van der Waals surface area contributed by atoms with Gasteiger partial charge in [0.2, 0.25) is 0 Å². The smallest absolute Gasteiger partial charge is 0.303 e. The fourth-order valence-corrected chi connectivity index (χ4v) is 3.61. The van der Waals surface area contributed by atoms with E-state index in [1.165, 1.54) is 6.42 Å². The molecule has 2 heterocycles. The Morgan fingerprint density at radius 2 is 1.92 bits per heavy atom. The molecule has 0 N–H and O–H groups in total. The molecule has 5 nitrogen and oxygen atoms in total. The van der Waals surface area contributed by atoms with Crippen molar-refractivity contribution in [3.63, 3.8) is 0 Å². The molecular formula is C21H32N4O. The molecule has 0 aliphatic carbocycles. The quantitative estimate of drug-likeness (QED) is 0.826. The molecule has 0 saturated heterocycles. The average Bonchev–Trinajstić information content (AvgIpc) is 2.77. The van der Waals surface area contributed by atoms with E-state index in [9.17, 15) is 4.79 Å². The van der Waals surface area contributed by atoms with Crippen molar-refractivity contribution >= 4 is 0 Å². The van der Waals surface area contributed by atoms with Crippen LogP contribution in [-0.4, -0.2) is 38.9 Å². The Balaban J connectivity index is 1.65. The lowest BCUT2D eigenvalue weighted by Gasteiger charge is -2.29. The zero-order valence-corrected chi connectivity index (χ0v) is 16.6. The molecular weight excluding hydrogens is 324 g/mol. The maximum Gasteiger partial charge on any atom is 0.346 e. The third kappa shape index (κ3) is 4.64. The summed E-state index contributed by atoms with van der Waals surface area (Å²) in [6, 6.07) is 10.6. The van der Waals surface area contributed by atoms with Crippen molar-refractivity contribution in [1.29, 1.82) is 0 Å². The Kier molecular flexibility index (Phi) is 5.66. The molecule has 0 bridgehead atoms. The van der Waals surface area contributed by atoms with Gasteiger partial charge in [0.15, 0.2) is 0 Å². The van der Waals surface area contributed by atoms with Gasteiger partial charge in [0.05, 0.1) is 6.54 Å². The molecule has 1 aliphatic rings. The van der Waals surface area contributed by atoms with E-state index in [2.05, 4.69) is 37.8 Å². The lowest BCUT2D eigenvalue weighted by molar-refractivity contribution is 0.188. The highest BCUT2D eigenvalue weighted by molar-refractivity contribution is 5.14. The molecule has 5 heteroatoms. The molecule has 26 heavy (non-hydrogen) atoms. The summed E-state index contributed by atoms with van der Waals surface area (Å²) >= 11 is 0. The molecule has 0 saturated carbocycles. The topological polar surface area (TPSA) is 43.1 Å². The van der Waals surface area contributed by atoms with Crippen LogP contribution in [0.15, 0.2) is 35.1 Å². The molecule has 142 valence electrons. The molecule has 0 spiro atoms. The Morgan fingerprint density at radius 1 is 1.19 bits per heavy atom. The maximum absolute atomic E-state index is 12.8. The number of nitrogens with zero attached hydrogens (tertiary/aromatic N) is 4. The van der Waals surface area contributed by atoms with Crippen LogP contribution in [0.25, 0.3) is 0 Å². The van der Waals surface area contributed by atoms with E-state index >= 15 is 0 Å². The number of benzene rings is 1. The minimum atomic E-state index is 0.0295. The number of aromatic nitrogens is 3. The van der Waals surface area contributed by atoms with Gasteiger partial charge in [-0.05, 0) is 43.8 Å². The Labute approximate surface area is 156 Å². The van der Waals surface area contributed by atoms with E-state index < -0.39 is 0 Å². The van der Waals surface area contributed by atoms with E-state index in [1.54, 1.807) is 4.68 Å². The molecule has 1 atom stereocenters. The van der Waals surface area contributed by atoms with Crippen LogP contribution in [0.4, 0.5) is 0 Å². The van der Waals surface area contributed by atoms with Gasteiger partial charge in [-0.2, -0.15) is 5.10 Å². The molecule has 1 aromatic heterocycles. The van der Waals surface area contributed by atoms with Gasteiger partial charge in [-0.15, -0.1) is 0 Å². The summed E-state index contributed by atoms with van der Waals surface area (Å²) in [6.45, 7) is 9.30. The molecule has 1 aromatic carbocycles. The highest BCUT2D eigenvalue weighted by Crippen LogP contribution is 2.22. The SMILES string of the molecule is CN(CCC(C)(C)C)C1CCc2nn(Cc3ccccc3)c(=O)n2CC1. The van der Waals surface area contributed by atoms with Crippen LogP contribution in [0, 0.1) is 5.41 Å². The fourth-order valence-electron chi connectivity index (χ4n) is 3.61. The van der Waals surface area contributed by atoms with Crippen LogP contribution in [-0.2, 0) is 19.5 Å². The van der Waals surface area contributed by atoms with Gasteiger partial charge in [0.25, 0.3) is 0 Å².